The summed E-state index contributed by atoms with van der Waals surface area (Å²) in [7, 11) is 1.81. The van der Waals surface area contributed by atoms with Gasteiger partial charge in [-0.1, -0.05) is 6.92 Å². The number of hydrogen-bond acceptors (Lipinski definition) is 4. The van der Waals surface area contributed by atoms with E-state index in [2.05, 4.69) is 10.2 Å². The van der Waals surface area contributed by atoms with Crippen LogP contribution in [0.1, 0.15) is 13.3 Å². The molecule has 2 atom stereocenters. The minimum Gasteiger partial charge on any atom is -0.321 e. The summed E-state index contributed by atoms with van der Waals surface area (Å²) >= 11 is 0. The quantitative estimate of drug-likeness (QED) is 0.403. The highest BCUT2D eigenvalue weighted by Crippen LogP contribution is 2.36. The Bertz CT molecular complexity index is 103. The fourth-order valence-electron chi connectivity index (χ4n) is 0.886. The fourth-order valence-corrected chi connectivity index (χ4v) is 0.886. The van der Waals surface area contributed by atoms with Gasteiger partial charge in [0.05, 0.1) is 0 Å². The van der Waals surface area contributed by atoms with E-state index in [9.17, 15) is 0 Å². The molecule has 0 aromatic carbocycles. The molecule has 0 amide bonds. The largest absolute Gasteiger partial charge is 0.321 e. The molecule has 1 rings (SSSR count). The number of nitrogens with two attached hydrogens (primary N) is 1. The first-order valence-electron chi connectivity index (χ1n) is 3.02. The van der Waals surface area contributed by atoms with E-state index in [0.29, 0.717) is 0 Å². The molecule has 1 aliphatic rings. The normalized spacial score (nSPS) is 41.0. The van der Waals surface area contributed by atoms with Crippen LogP contribution in [0.3, 0.4) is 0 Å². The molecule has 0 aromatic rings. The lowest BCUT2D eigenvalue weighted by Gasteiger charge is -2.04. The number of hydrogen-bond donors (Lipinski definition) is 2. The summed E-state index contributed by atoms with van der Waals surface area (Å²) in [6, 6.07) is 0. The average molecular weight is 132 g/mol. The number of ether oxygens (including phenoxy) is 1. The van der Waals surface area contributed by atoms with E-state index in [-0.39, 0.29) is 6.23 Å². The van der Waals surface area contributed by atoms with E-state index in [4.69, 9.17) is 10.6 Å². The third-order valence-corrected chi connectivity index (χ3v) is 1.61. The van der Waals surface area contributed by atoms with Gasteiger partial charge >= 0.3 is 0 Å². The molecule has 3 N–H and O–H groups in total. The monoisotopic (exact) mass is 132 g/mol. The van der Waals surface area contributed by atoms with Crippen LogP contribution in [0.5, 0.6) is 0 Å². The Kier molecular flexibility index (Phi) is 1.72. The van der Waals surface area contributed by atoms with E-state index >= 15 is 0 Å². The molecular formula is C5H12N2O2. The summed E-state index contributed by atoms with van der Waals surface area (Å²) in [5.74, 6) is 4.45. The van der Waals surface area contributed by atoms with Crippen molar-refractivity contribution in [3.05, 3.63) is 0 Å². The van der Waals surface area contributed by atoms with Crippen molar-refractivity contribution >= 4 is 0 Å². The molecule has 0 spiro atoms. The molecule has 0 radical (unpaired) electrons. The lowest BCUT2D eigenvalue weighted by molar-refractivity contribution is -0.0483. The van der Waals surface area contributed by atoms with Gasteiger partial charge in [-0.3, -0.25) is 10.2 Å². The van der Waals surface area contributed by atoms with Crippen molar-refractivity contribution in [1.29, 1.82) is 0 Å². The van der Waals surface area contributed by atoms with Crippen molar-refractivity contribution < 1.29 is 9.57 Å². The zero-order valence-corrected chi connectivity index (χ0v) is 5.68. The first-order valence-corrected chi connectivity index (χ1v) is 3.02. The molecule has 54 valence electrons. The first-order chi connectivity index (χ1) is 4.29. The van der Waals surface area contributed by atoms with Gasteiger partial charge in [-0.25, -0.2) is 5.90 Å². The van der Waals surface area contributed by atoms with Gasteiger partial charge in [-0.2, -0.15) is 0 Å². The summed E-state index contributed by atoms with van der Waals surface area (Å²) < 4.78 is 5.09. The molecule has 0 aromatic heterocycles. The van der Waals surface area contributed by atoms with Gasteiger partial charge < -0.3 is 4.74 Å². The minimum atomic E-state index is -0.533. The van der Waals surface area contributed by atoms with Gasteiger partial charge in [0.15, 0.2) is 6.23 Å². The zero-order valence-electron chi connectivity index (χ0n) is 5.68. The second-order valence-electron chi connectivity index (χ2n) is 2.07. The molecule has 4 nitrogen and oxygen atoms in total. The Morgan fingerprint density at radius 2 is 2.56 bits per heavy atom. The van der Waals surface area contributed by atoms with Gasteiger partial charge in [-0.05, 0) is 7.05 Å². The van der Waals surface area contributed by atoms with Gasteiger partial charge in [0.2, 0.25) is 5.79 Å². The van der Waals surface area contributed by atoms with Crippen LogP contribution in [0.15, 0.2) is 0 Å². The lowest BCUT2D eigenvalue weighted by atomic mass is 10.3. The Labute approximate surface area is 54.3 Å². The molecule has 9 heavy (non-hydrogen) atoms. The lowest BCUT2D eigenvalue weighted by Crippen LogP contribution is -2.28. The predicted molar refractivity (Wildman–Crippen MR) is 32.2 cm³/mol. The van der Waals surface area contributed by atoms with Crippen LogP contribution in [0.25, 0.3) is 0 Å². The van der Waals surface area contributed by atoms with Crippen LogP contribution in [0.4, 0.5) is 0 Å². The Hall–Kier alpha value is -0.160. The number of nitrogens with one attached hydrogen (secondary N) is 1. The van der Waals surface area contributed by atoms with Gasteiger partial charge in [0.1, 0.15) is 0 Å². The first kappa shape index (κ1) is 6.95. The maximum absolute atomic E-state index is 5.09. The SMILES string of the molecule is CCC1(ON)OC1NC. The van der Waals surface area contributed by atoms with Gasteiger partial charge in [0, 0.05) is 6.42 Å². The van der Waals surface area contributed by atoms with Crippen LogP contribution in [-0.4, -0.2) is 19.1 Å². The van der Waals surface area contributed by atoms with E-state index in [0.717, 1.165) is 6.42 Å². The zero-order chi connectivity index (χ0) is 6.91. The molecule has 1 fully saturated rings. The van der Waals surface area contributed by atoms with E-state index < -0.39 is 5.79 Å². The van der Waals surface area contributed by atoms with Crippen molar-refractivity contribution in [2.24, 2.45) is 5.90 Å². The number of rotatable bonds is 3. The standard InChI is InChI=1S/C5H12N2O2/c1-3-5(9-6)4(7-2)8-5/h4,7H,3,6H2,1-2H3. The summed E-state index contributed by atoms with van der Waals surface area (Å²) in [4.78, 5) is 4.62. The van der Waals surface area contributed by atoms with E-state index in [1.54, 1.807) is 7.05 Å². The maximum Gasteiger partial charge on any atom is 0.228 e. The molecular weight excluding hydrogens is 120 g/mol. The average Bonchev–Trinajstić information content (AvgIpc) is 2.63. The highest BCUT2D eigenvalue weighted by atomic mass is 16.9. The van der Waals surface area contributed by atoms with E-state index in [1.807, 2.05) is 6.92 Å². The van der Waals surface area contributed by atoms with Crippen molar-refractivity contribution in [2.75, 3.05) is 7.05 Å². The molecule has 0 bridgehead atoms. The third-order valence-electron chi connectivity index (χ3n) is 1.61. The van der Waals surface area contributed by atoms with Gasteiger partial charge in [0.25, 0.3) is 0 Å². The third kappa shape index (κ3) is 0.943. The van der Waals surface area contributed by atoms with E-state index in [1.165, 1.54) is 0 Å². The van der Waals surface area contributed by atoms with Crippen molar-refractivity contribution in [3.63, 3.8) is 0 Å². The molecule has 1 saturated heterocycles. The summed E-state index contributed by atoms with van der Waals surface area (Å²) in [5, 5.41) is 2.90. The molecule has 0 saturated carbocycles. The Morgan fingerprint density at radius 1 is 1.89 bits per heavy atom. The smallest absolute Gasteiger partial charge is 0.228 e. The Morgan fingerprint density at radius 3 is 2.67 bits per heavy atom. The maximum atomic E-state index is 5.09. The minimum absolute atomic E-state index is 0.0208. The van der Waals surface area contributed by atoms with Crippen LogP contribution in [0, 0.1) is 0 Å². The van der Waals surface area contributed by atoms with Crippen LogP contribution in [0.2, 0.25) is 0 Å². The molecule has 0 aliphatic carbocycles. The highest BCUT2D eigenvalue weighted by Gasteiger charge is 2.56. The van der Waals surface area contributed by atoms with Crippen molar-refractivity contribution in [2.45, 2.75) is 25.4 Å². The molecule has 1 aliphatic heterocycles. The van der Waals surface area contributed by atoms with Crippen molar-refractivity contribution in [1.82, 2.24) is 5.32 Å². The Balaban J connectivity index is 2.37. The van der Waals surface area contributed by atoms with Crippen LogP contribution in [-0.2, 0) is 9.57 Å². The molecule has 4 heteroatoms. The summed E-state index contributed by atoms with van der Waals surface area (Å²) in [5.41, 5.74) is 0. The van der Waals surface area contributed by atoms with Crippen molar-refractivity contribution in [3.8, 4) is 0 Å². The van der Waals surface area contributed by atoms with Crippen LogP contribution < -0.4 is 11.2 Å². The number of epoxide rings is 1. The predicted octanol–water partition coefficient (Wildman–Crippen LogP) is -0.441. The topological polar surface area (TPSA) is 59.8 Å². The fraction of sp³-hybridized carbons (Fsp3) is 1.00. The number of likely N-dealkylation sites (N-methyl/N-ethyl adjacent to an activating group) is 1. The second kappa shape index (κ2) is 2.22. The van der Waals surface area contributed by atoms with Crippen LogP contribution >= 0.6 is 0 Å². The summed E-state index contributed by atoms with van der Waals surface area (Å²) in [6.07, 6.45) is 0.752. The summed E-state index contributed by atoms with van der Waals surface area (Å²) in [6.45, 7) is 1.96. The highest BCUT2D eigenvalue weighted by molar-refractivity contribution is 4.89. The molecule has 2 unspecified atom stereocenters. The second-order valence-corrected chi connectivity index (χ2v) is 2.07. The molecule has 1 heterocycles. The van der Waals surface area contributed by atoms with Gasteiger partial charge in [-0.15, -0.1) is 0 Å².